The standard InChI is InChI=1S/C21H23N3O2/c25-19-15-18(21(26)22-19)23-11-13-24(14-12-23)20(16-7-3-1-4-8-16)17-9-5-2-6-10-17/h1-10,18,20H,11-15H2,(H,22,25,26)/t18-/m1/s1. The lowest BCUT2D eigenvalue weighted by atomic mass is 9.96. The van der Waals surface area contributed by atoms with Crippen LogP contribution in [0.2, 0.25) is 0 Å². The molecule has 0 aromatic heterocycles. The lowest BCUT2D eigenvalue weighted by molar-refractivity contribution is -0.126. The molecule has 5 heteroatoms. The summed E-state index contributed by atoms with van der Waals surface area (Å²) >= 11 is 0. The number of carbonyl (C=O) groups is 2. The molecule has 26 heavy (non-hydrogen) atoms. The fourth-order valence-electron chi connectivity index (χ4n) is 4.03. The maximum Gasteiger partial charge on any atom is 0.244 e. The van der Waals surface area contributed by atoms with Crippen molar-refractivity contribution in [3.63, 3.8) is 0 Å². The number of nitrogens with zero attached hydrogens (tertiary/aromatic N) is 2. The first-order valence-electron chi connectivity index (χ1n) is 9.14. The van der Waals surface area contributed by atoms with E-state index in [4.69, 9.17) is 0 Å². The Morgan fingerprint density at radius 2 is 1.35 bits per heavy atom. The van der Waals surface area contributed by atoms with Crippen LogP contribution in [0.1, 0.15) is 23.6 Å². The quantitative estimate of drug-likeness (QED) is 0.856. The minimum atomic E-state index is -0.295. The molecule has 1 N–H and O–H groups in total. The molecule has 2 amide bonds. The summed E-state index contributed by atoms with van der Waals surface area (Å²) in [6.45, 7) is 3.32. The fourth-order valence-corrected chi connectivity index (χ4v) is 4.03. The van der Waals surface area contributed by atoms with Gasteiger partial charge in [-0.05, 0) is 11.1 Å². The molecule has 2 heterocycles. The molecule has 0 radical (unpaired) electrons. The molecule has 134 valence electrons. The SMILES string of the molecule is O=C1C[C@@H](N2CCN(C(c3ccccc3)c3ccccc3)CC2)C(=O)N1. The molecule has 0 bridgehead atoms. The van der Waals surface area contributed by atoms with Gasteiger partial charge in [-0.25, -0.2) is 0 Å². The predicted octanol–water partition coefficient (Wildman–Crippen LogP) is 1.81. The first-order chi connectivity index (χ1) is 12.7. The van der Waals surface area contributed by atoms with Crippen molar-refractivity contribution in [3.05, 3.63) is 71.8 Å². The molecule has 0 aliphatic carbocycles. The molecule has 1 atom stereocenters. The van der Waals surface area contributed by atoms with Gasteiger partial charge in [0, 0.05) is 26.2 Å². The number of rotatable bonds is 4. The Bertz CT molecular complexity index is 731. The van der Waals surface area contributed by atoms with E-state index in [-0.39, 0.29) is 23.9 Å². The van der Waals surface area contributed by atoms with Crippen LogP contribution in [0.4, 0.5) is 0 Å². The first kappa shape index (κ1) is 16.9. The van der Waals surface area contributed by atoms with Crippen LogP contribution >= 0.6 is 0 Å². The number of carbonyl (C=O) groups excluding carboxylic acids is 2. The number of hydrogen-bond acceptors (Lipinski definition) is 4. The number of nitrogens with one attached hydrogen (secondary N) is 1. The van der Waals surface area contributed by atoms with Crippen molar-refractivity contribution in [2.45, 2.75) is 18.5 Å². The van der Waals surface area contributed by atoms with Gasteiger partial charge in [-0.15, -0.1) is 0 Å². The topological polar surface area (TPSA) is 52.7 Å². The van der Waals surface area contributed by atoms with E-state index in [9.17, 15) is 9.59 Å². The van der Waals surface area contributed by atoms with E-state index >= 15 is 0 Å². The third-order valence-electron chi connectivity index (χ3n) is 5.33. The van der Waals surface area contributed by atoms with Gasteiger partial charge in [-0.2, -0.15) is 0 Å². The Morgan fingerprint density at radius 3 is 1.81 bits per heavy atom. The molecule has 2 aromatic carbocycles. The van der Waals surface area contributed by atoms with Gasteiger partial charge in [0.15, 0.2) is 0 Å². The zero-order chi connectivity index (χ0) is 17.9. The van der Waals surface area contributed by atoms with Crippen molar-refractivity contribution >= 4 is 11.8 Å². The fraction of sp³-hybridized carbons (Fsp3) is 0.333. The van der Waals surface area contributed by atoms with Crippen LogP contribution < -0.4 is 5.32 Å². The second-order valence-corrected chi connectivity index (χ2v) is 6.93. The maximum atomic E-state index is 12.0. The van der Waals surface area contributed by atoms with Gasteiger partial charge in [0.1, 0.15) is 0 Å². The van der Waals surface area contributed by atoms with Gasteiger partial charge < -0.3 is 0 Å². The highest BCUT2D eigenvalue weighted by Gasteiger charge is 2.37. The van der Waals surface area contributed by atoms with Crippen molar-refractivity contribution in [1.29, 1.82) is 0 Å². The van der Waals surface area contributed by atoms with E-state index in [1.165, 1.54) is 11.1 Å². The second kappa shape index (κ2) is 7.40. The van der Waals surface area contributed by atoms with Crippen molar-refractivity contribution < 1.29 is 9.59 Å². The Morgan fingerprint density at radius 1 is 0.808 bits per heavy atom. The van der Waals surface area contributed by atoms with Gasteiger partial charge in [0.25, 0.3) is 0 Å². The van der Waals surface area contributed by atoms with Crippen molar-refractivity contribution in [1.82, 2.24) is 15.1 Å². The molecule has 2 aromatic rings. The number of amides is 2. The summed E-state index contributed by atoms with van der Waals surface area (Å²) in [5.41, 5.74) is 2.56. The molecular formula is C21H23N3O2. The molecule has 2 fully saturated rings. The summed E-state index contributed by atoms with van der Waals surface area (Å²) in [6, 6.07) is 21.0. The van der Waals surface area contributed by atoms with Crippen molar-refractivity contribution in [2.75, 3.05) is 26.2 Å². The average Bonchev–Trinajstić information content (AvgIpc) is 3.02. The van der Waals surface area contributed by atoms with E-state index in [0.717, 1.165) is 26.2 Å². The van der Waals surface area contributed by atoms with Crippen molar-refractivity contribution in [3.8, 4) is 0 Å². The molecular weight excluding hydrogens is 326 g/mol. The third kappa shape index (κ3) is 3.41. The number of benzene rings is 2. The van der Waals surface area contributed by atoms with E-state index in [1.54, 1.807) is 0 Å². The van der Waals surface area contributed by atoms with Crippen LogP contribution in [-0.2, 0) is 9.59 Å². The largest absolute Gasteiger partial charge is 0.295 e. The van der Waals surface area contributed by atoms with Crippen LogP contribution in [-0.4, -0.2) is 53.8 Å². The van der Waals surface area contributed by atoms with E-state index in [0.29, 0.717) is 6.42 Å². The third-order valence-corrected chi connectivity index (χ3v) is 5.33. The van der Waals surface area contributed by atoms with Crippen LogP contribution in [0.15, 0.2) is 60.7 Å². The van der Waals surface area contributed by atoms with Crippen LogP contribution in [0.25, 0.3) is 0 Å². The highest BCUT2D eigenvalue weighted by Crippen LogP contribution is 2.30. The van der Waals surface area contributed by atoms with E-state index in [2.05, 4.69) is 63.6 Å². The zero-order valence-electron chi connectivity index (χ0n) is 14.7. The highest BCUT2D eigenvalue weighted by molar-refractivity contribution is 6.05. The lowest BCUT2D eigenvalue weighted by Crippen LogP contribution is -2.53. The summed E-state index contributed by atoms with van der Waals surface area (Å²) in [7, 11) is 0. The van der Waals surface area contributed by atoms with Crippen LogP contribution in [0.3, 0.4) is 0 Å². The van der Waals surface area contributed by atoms with Gasteiger partial charge >= 0.3 is 0 Å². The molecule has 5 nitrogen and oxygen atoms in total. The minimum Gasteiger partial charge on any atom is -0.295 e. The molecule has 0 saturated carbocycles. The normalized spacial score (nSPS) is 22.0. The minimum absolute atomic E-state index is 0.147. The summed E-state index contributed by atoms with van der Waals surface area (Å²) in [5.74, 6) is -0.306. The molecule has 2 saturated heterocycles. The molecule has 0 unspecified atom stereocenters. The van der Waals surface area contributed by atoms with Crippen LogP contribution in [0, 0.1) is 0 Å². The number of hydrogen-bond donors (Lipinski definition) is 1. The smallest absolute Gasteiger partial charge is 0.244 e. The van der Waals surface area contributed by atoms with Crippen LogP contribution in [0.5, 0.6) is 0 Å². The van der Waals surface area contributed by atoms with E-state index < -0.39 is 0 Å². The van der Waals surface area contributed by atoms with E-state index in [1.807, 2.05) is 12.1 Å². The lowest BCUT2D eigenvalue weighted by Gasteiger charge is -2.41. The average molecular weight is 349 g/mol. The van der Waals surface area contributed by atoms with Crippen molar-refractivity contribution in [2.24, 2.45) is 0 Å². The van der Waals surface area contributed by atoms with Gasteiger partial charge in [0.2, 0.25) is 11.8 Å². The second-order valence-electron chi connectivity index (χ2n) is 6.93. The first-order valence-corrected chi connectivity index (χ1v) is 9.14. The highest BCUT2D eigenvalue weighted by atomic mass is 16.2. The Hall–Kier alpha value is -2.50. The Labute approximate surface area is 153 Å². The predicted molar refractivity (Wildman–Crippen MR) is 99.4 cm³/mol. The monoisotopic (exact) mass is 349 g/mol. The maximum absolute atomic E-state index is 12.0. The summed E-state index contributed by atoms with van der Waals surface area (Å²) in [4.78, 5) is 28.0. The van der Waals surface area contributed by atoms with Gasteiger partial charge in [-0.3, -0.25) is 24.7 Å². The number of imide groups is 1. The summed E-state index contributed by atoms with van der Waals surface area (Å²) in [5, 5.41) is 2.42. The van der Waals surface area contributed by atoms with Gasteiger partial charge in [-0.1, -0.05) is 60.7 Å². The molecule has 4 rings (SSSR count). The summed E-state index contributed by atoms with van der Waals surface area (Å²) < 4.78 is 0. The molecule has 0 spiro atoms. The Balaban J connectivity index is 1.52. The number of piperazine rings is 1. The van der Waals surface area contributed by atoms with Gasteiger partial charge in [0.05, 0.1) is 18.5 Å². The Kier molecular flexibility index (Phi) is 4.82. The molecule has 2 aliphatic heterocycles. The summed E-state index contributed by atoms with van der Waals surface area (Å²) in [6.07, 6.45) is 0.291. The zero-order valence-corrected chi connectivity index (χ0v) is 14.7. The molecule has 2 aliphatic rings.